The number of benzene rings is 3. The van der Waals surface area contributed by atoms with Crippen LogP contribution in [0.1, 0.15) is 30.0 Å². The average Bonchev–Trinajstić information content (AvgIpc) is 3.35. The lowest BCUT2D eigenvalue weighted by atomic mass is 10.1. The third kappa shape index (κ3) is 7.05. The molecular formula is C32H35N3O2. The quantitative estimate of drug-likeness (QED) is 0.253. The van der Waals surface area contributed by atoms with Crippen LogP contribution in [0.4, 0.5) is 11.4 Å². The van der Waals surface area contributed by atoms with Crippen molar-refractivity contribution >= 4 is 29.3 Å². The van der Waals surface area contributed by atoms with Crippen molar-refractivity contribution in [1.82, 2.24) is 4.90 Å². The molecule has 0 N–H and O–H groups in total. The Kier molecular flexibility index (Phi) is 9.06. The third-order valence-electron chi connectivity index (χ3n) is 6.63. The maximum absolute atomic E-state index is 13.5. The number of rotatable bonds is 11. The largest absolute Gasteiger partial charge is 0.312 e. The van der Waals surface area contributed by atoms with Gasteiger partial charge in [-0.2, -0.15) is 0 Å². The van der Waals surface area contributed by atoms with Crippen molar-refractivity contribution in [3.8, 4) is 0 Å². The molecule has 5 heteroatoms. The van der Waals surface area contributed by atoms with Gasteiger partial charge in [0.2, 0.25) is 5.91 Å². The van der Waals surface area contributed by atoms with Gasteiger partial charge in [-0.25, -0.2) is 0 Å². The van der Waals surface area contributed by atoms with Crippen molar-refractivity contribution in [1.29, 1.82) is 0 Å². The summed E-state index contributed by atoms with van der Waals surface area (Å²) in [5.41, 5.74) is 5.10. The molecule has 0 bridgehead atoms. The molecule has 1 aliphatic heterocycles. The molecule has 37 heavy (non-hydrogen) atoms. The van der Waals surface area contributed by atoms with Crippen LogP contribution in [0.25, 0.3) is 6.08 Å². The number of hydrogen-bond acceptors (Lipinski definition) is 3. The van der Waals surface area contributed by atoms with Crippen LogP contribution in [-0.2, 0) is 22.6 Å². The highest BCUT2D eigenvalue weighted by molar-refractivity contribution is 6.04. The van der Waals surface area contributed by atoms with Gasteiger partial charge in [0.15, 0.2) is 0 Å². The van der Waals surface area contributed by atoms with Crippen molar-refractivity contribution in [2.75, 3.05) is 36.0 Å². The Morgan fingerprint density at radius 3 is 2.41 bits per heavy atom. The maximum atomic E-state index is 13.5. The zero-order chi connectivity index (χ0) is 26.0. The zero-order valence-corrected chi connectivity index (χ0v) is 21.6. The van der Waals surface area contributed by atoms with E-state index in [-0.39, 0.29) is 11.8 Å². The second-order valence-corrected chi connectivity index (χ2v) is 9.33. The monoisotopic (exact) mass is 493 g/mol. The molecular weight excluding hydrogens is 458 g/mol. The molecule has 0 saturated carbocycles. The van der Waals surface area contributed by atoms with Gasteiger partial charge < -0.3 is 9.80 Å². The van der Waals surface area contributed by atoms with Gasteiger partial charge in [0.1, 0.15) is 0 Å². The minimum Gasteiger partial charge on any atom is -0.312 e. The maximum Gasteiger partial charge on any atom is 0.250 e. The van der Waals surface area contributed by atoms with Crippen molar-refractivity contribution in [2.45, 2.75) is 26.3 Å². The summed E-state index contributed by atoms with van der Waals surface area (Å²) in [6.45, 7) is 9.21. The van der Waals surface area contributed by atoms with Crippen LogP contribution in [0.15, 0.2) is 97.6 Å². The van der Waals surface area contributed by atoms with Crippen molar-refractivity contribution in [3.05, 3.63) is 114 Å². The number of carbonyl (C=O) groups is 2. The molecule has 3 aromatic rings. The SMILES string of the molecule is C=CCN(CCCN(C(=O)/C=C/c1ccccc1)c1ccc2c(c1)N(C(C)=O)CC2)Cc1ccccc1. The number of anilines is 2. The number of amides is 2. The van der Waals surface area contributed by atoms with Gasteiger partial charge >= 0.3 is 0 Å². The first-order valence-electron chi connectivity index (χ1n) is 12.9. The molecule has 4 rings (SSSR count). The molecule has 0 unspecified atom stereocenters. The lowest BCUT2D eigenvalue weighted by molar-refractivity contribution is -0.116. The molecule has 0 atom stereocenters. The van der Waals surface area contributed by atoms with E-state index in [9.17, 15) is 9.59 Å². The fraction of sp³-hybridized carbons (Fsp3) is 0.250. The van der Waals surface area contributed by atoms with Crippen LogP contribution >= 0.6 is 0 Å². The first kappa shape index (κ1) is 26.1. The minimum absolute atomic E-state index is 0.0266. The summed E-state index contributed by atoms with van der Waals surface area (Å²) in [7, 11) is 0. The highest BCUT2D eigenvalue weighted by Gasteiger charge is 2.24. The Morgan fingerprint density at radius 2 is 1.70 bits per heavy atom. The fourth-order valence-electron chi connectivity index (χ4n) is 4.76. The van der Waals surface area contributed by atoms with Crippen molar-refractivity contribution < 1.29 is 9.59 Å². The van der Waals surface area contributed by atoms with Gasteiger partial charge in [-0.05, 0) is 47.7 Å². The minimum atomic E-state index is -0.0745. The standard InChI is InChI=1S/C32H35N3O2/c1-3-20-33(25-28-13-8-5-9-14-28)21-10-22-35(32(37)18-15-27-11-6-4-7-12-27)30-17-16-29-19-23-34(26(2)36)31(29)24-30/h3-9,11-18,24H,1,10,19-23,25H2,2H3/b18-15+. The van der Waals surface area contributed by atoms with E-state index in [1.165, 1.54) is 5.56 Å². The molecule has 1 aliphatic rings. The second kappa shape index (κ2) is 12.8. The Morgan fingerprint density at radius 1 is 0.973 bits per heavy atom. The van der Waals surface area contributed by atoms with Crippen LogP contribution < -0.4 is 9.80 Å². The highest BCUT2D eigenvalue weighted by atomic mass is 16.2. The van der Waals surface area contributed by atoms with Gasteiger partial charge in [0.25, 0.3) is 5.91 Å². The van der Waals surface area contributed by atoms with Crippen LogP contribution in [0, 0.1) is 0 Å². The van der Waals surface area contributed by atoms with Crippen LogP contribution in [0.2, 0.25) is 0 Å². The van der Waals surface area contributed by atoms with Gasteiger partial charge in [-0.15, -0.1) is 6.58 Å². The summed E-state index contributed by atoms with van der Waals surface area (Å²) < 4.78 is 0. The number of carbonyl (C=O) groups excluding carboxylic acids is 2. The Balaban J connectivity index is 1.52. The predicted molar refractivity (Wildman–Crippen MR) is 153 cm³/mol. The smallest absolute Gasteiger partial charge is 0.250 e. The predicted octanol–water partition coefficient (Wildman–Crippen LogP) is 5.72. The summed E-state index contributed by atoms with van der Waals surface area (Å²) in [5, 5.41) is 0. The first-order chi connectivity index (χ1) is 18.0. The number of fused-ring (bicyclic) bond motifs is 1. The fourth-order valence-corrected chi connectivity index (χ4v) is 4.76. The summed E-state index contributed by atoms with van der Waals surface area (Å²) in [4.78, 5) is 31.6. The zero-order valence-electron chi connectivity index (χ0n) is 21.6. The molecule has 0 fully saturated rings. The summed E-state index contributed by atoms with van der Waals surface area (Å²) in [6, 6.07) is 26.3. The second-order valence-electron chi connectivity index (χ2n) is 9.33. The number of nitrogens with zero attached hydrogens (tertiary/aromatic N) is 3. The van der Waals surface area contributed by atoms with E-state index in [0.29, 0.717) is 13.1 Å². The Hall–Kier alpha value is -3.96. The third-order valence-corrected chi connectivity index (χ3v) is 6.63. The molecule has 0 aliphatic carbocycles. The van der Waals surface area contributed by atoms with E-state index in [1.807, 2.05) is 71.6 Å². The highest BCUT2D eigenvalue weighted by Crippen LogP contribution is 2.32. The molecule has 5 nitrogen and oxygen atoms in total. The molecule has 190 valence electrons. The average molecular weight is 494 g/mol. The van der Waals surface area contributed by atoms with E-state index < -0.39 is 0 Å². The van der Waals surface area contributed by atoms with Gasteiger partial charge in [0, 0.05) is 57.1 Å². The summed E-state index contributed by atoms with van der Waals surface area (Å²) in [5.74, 6) is -0.0479. The molecule has 0 aromatic heterocycles. The van der Waals surface area contributed by atoms with Crippen LogP contribution in [-0.4, -0.2) is 42.9 Å². The molecule has 0 radical (unpaired) electrons. The van der Waals surface area contributed by atoms with E-state index in [0.717, 1.165) is 55.0 Å². The van der Waals surface area contributed by atoms with Crippen molar-refractivity contribution in [3.63, 3.8) is 0 Å². The molecule has 0 saturated heterocycles. The van der Waals surface area contributed by atoms with E-state index >= 15 is 0 Å². The number of hydrogen-bond donors (Lipinski definition) is 0. The van der Waals surface area contributed by atoms with E-state index in [2.05, 4.69) is 35.7 Å². The molecule has 0 spiro atoms. The Labute approximate surface area is 220 Å². The van der Waals surface area contributed by atoms with Gasteiger partial charge in [-0.3, -0.25) is 14.5 Å². The van der Waals surface area contributed by atoms with Crippen LogP contribution in [0.3, 0.4) is 0 Å². The van der Waals surface area contributed by atoms with Gasteiger partial charge in [-0.1, -0.05) is 72.8 Å². The molecule has 2 amide bonds. The normalized spacial score (nSPS) is 12.6. The molecule has 1 heterocycles. The Bertz CT molecular complexity index is 1240. The van der Waals surface area contributed by atoms with Crippen LogP contribution in [0.5, 0.6) is 0 Å². The summed E-state index contributed by atoms with van der Waals surface area (Å²) >= 11 is 0. The topological polar surface area (TPSA) is 43.9 Å². The lowest BCUT2D eigenvalue weighted by Crippen LogP contribution is -2.34. The summed E-state index contributed by atoms with van der Waals surface area (Å²) in [6.07, 6.45) is 7.05. The van der Waals surface area contributed by atoms with Crippen molar-refractivity contribution in [2.24, 2.45) is 0 Å². The van der Waals surface area contributed by atoms with Gasteiger partial charge in [0.05, 0.1) is 0 Å². The van der Waals surface area contributed by atoms with E-state index in [1.54, 1.807) is 17.9 Å². The van der Waals surface area contributed by atoms with E-state index in [4.69, 9.17) is 0 Å². The lowest BCUT2D eigenvalue weighted by Gasteiger charge is -2.26. The first-order valence-corrected chi connectivity index (χ1v) is 12.9. The molecule has 3 aromatic carbocycles.